The summed E-state index contributed by atoms with van der Waals surface area (Å²) in [6.45, 7) is 2.35. The fraction of sp³-hybridized carbons (Fsp3) is 0.167. The molecule has 0 saturated heterocycles. The van der Waals surface area contributed by atoms with Crippen molar-refractivity contribution >= 4 is 34.6 Å². The highest BCUT2D eigenvalue weighted by Crippen LogP contribution is 2.32. The Hall–Kier alpha value is -4.58. The normalized spacial score (nSPS) is 10.2. The number of carbonyl (C=O) groups excluding carboxylic acids is 3. The van der Waals surface area contributed by atoms with E-state index in [1.165, 1.54) is 0 Å². The van der Waals surface area contributed by atoms with Gasteiger partial charge in [0.05, 0.1) is 0 Å². The zero-order valence-electron chi connectivity index (χ0n) is 18.0. The summed E-state index contributed by atoms with van der Waals surface area (Å²) in [5, 5.41) is 9.57. The van der Waals surface area contributed by atoms with E-state index in [4.69, 9.17) is 16.9 Å². The number of carbonyl (C=O) groups is 3. The van der Waals surface area contributed by atoms with Crippen LogP contribution in [0.25, 0.3) is 21.9 Å². The number of hydrogen-bond donors (Lipinski definition) is 4. The summed E-state index contributed by atoms with van der Waals surface area (Å²) in [5.74, 6) is 2.08. The Labute approximate surface area is 190 Å². The minimum Gasteiger partial charge on any atom is -0.436 e. The van der Waals surface area contributed by atoms with E-state index < -0.39 is 12.0 Å². The first-order valence-electron chi connectivity index (χ1n) is 10.1. The predicted octanol–water partition coefficient (Wildman–Crippen LogP) is 3.00. The van der Waals surface area contributed by atoms with E-state index in [0.29, 0.717) is 17.9 Å². The molecule has 3 aromatic rings. The fourth-order valence-corrected chi connectivity index (χ4v) is 3.23. The molecule has 0 bridgehead atoms. The lowest BCUT2D eigenvalue weighted by molar-refractivity contribution is 0.1000. The number of hydrogen-bond acceptors (Lipinski definition) is 5. The highest BCUT2D eigenvalue weighted by atomic mass is 16.5. The monoisotopic (exact) mass is 445 g/mol. The maximum atomic E-state index is 12.0. The third-order valence-electron chi connectivity index (χ3n) is 4.76. The summed E-state index contributed by atoms with van der Waals surface area (Å²) < 4.78 is 4.84. The van der Waals surface area contributed by atoms with Crippen LogP contribution < -0.4 is 21.7 Å². The van der Waals surface area contributed by atoms with Crippen molar-refractivity contribution in [2.24, 2.45) is 5.73 Å². The van der Waals surface area contributed by atoms with E-state index in [1.807, 2.05) is 19.1 Å². The Morgan fingerprint density at radius 2 is 1.85 bits per heavy atom. The largest absolute Gasteiger partial charge is 0.436 e. The molecule has 1 heterocycles. The number of aromatic nitrogens is 1. The molecule has 0 unspecified atom stereocenters. The van der Waals surface area contributed by atoms with Crippen LogP contribution in [0.1, 0.15) is 22.8 Å². The Kier molecular flexibility index (Phi) is 7.44. The van der Waals surface area contributed by atoms with Crippen LogP contribution in [0.4, 0.5) is 15.4 Å². The molecule has 0 aliphatic rings. The molecule has 0 aliphatic heterocycles. The van der Waals surface area contributed by atoms with Gasteiger partial charge >= 0.3 is 12.1 Å². The quantitative estimate of drug-likeness (QED) is 0.415. The van der Waals surface area contributed by atoms with E-state index in [1.54, 1.807) is 36.5 Å². The van der Waals surface area contributed by atoms with Gasteiger partial charge in [-0.2, -0.15) is 0 Å². The Bertz CT molecular complexity index is 1230. The van der Waals surface area contributed by atoms with Crippen molar-refractivity contribution in [1.82, 2.24) is 15.6 Å². The van der Waals surface area contributed by atoms with Gasteiger partial charge in [0.15, 0.2) is 6.61 Å². The maximum absolute atomic E-state index is 12.0. The number of benzene rings is 2. The lowest BCUT2D eigenvalue weighted by Gasteiger charge is -2.14. The number of nitrogens with one attached hydrogen (secondary N) is 3. The molecule has 5 N–H and O–H groups in total. The van der Waals surface area contributed by atoms with E-state index in [-0.39, 0.29) is 19.2 Å². The number of ether oxygens (including phenoxy) is 1. The molecule has 4 amide bonds. The summed E-state index contributed by atoms with van der Waals surface area (Å²) in [4.78, 5) is 39.5. The molecule has 0 spiro atoms. The average Bonchev–Trinajstić information content (AvgIpc) is 2.81. The van der Waals surface area contributed by atoms with E-state index in [9.17, 15) is 14.4 Å². The molecular formula is C24H23N5O4. The third kappa shape index (κ3) is 5.77. The number of nitrogens with zero attached hydrogens (tertiary/aromatic N) is 1. The van der Waals surface area contributed by atoms with Crippen molar-refractivity contribution in [3.8, 4) is 23.5 Å². The molecule has 9 heteroatoms. The molecule has 168 valence electrons. The average molecular weight is 445 g/mol. The second-order valence-corrected chi connectivity index (χ2v) is 6.95. The number of fused-ring (bicyclic) bond motifs is 1. The van der Waals surface area contributed by atoms with Gasteiger partial charge in [-0.15, -0.1) is 6.42 Å². The van der Waals surface area contributed by atoms with Crippen LogP contribution in [-0.2, 0) is 11.3 Å². The third-order valence-corrected chi connectivity index (χ3v) is 4.76. The molecule has 3 rings (SSSR count). The number of amides is 4. The van der Waals surface area contributed by atoms with Gasteiger partial charge in [-0.05, 0) is 47.2 Å². The lowest BCUT2D eigenvalue weighted by atomic mass is 9.95. The summed E-state index contributed by atoms with van der Waals surface area (Å²) in [6, 6.07) is 12.0. The van der Waals surface area contributed by atoms with Crippen LogP contribution >= 0.6 is 0 Å². The van der Waals surface area contributed by atoms with Crippen LogP contribution in [0.2, 0.25) is 0 Å². The second-order valence-electron chi connectivity index (χ2n) is 6.95. The zero-order valence-corrected chi connectivity index (χ0v) is 18.0. The van der Waals surface area contributed by atoms with Crippen LogP contribution in [0.5, 0.6) is 0 Å². The van der Waals surface area contributed by atoms with Crippen molar-refractivity contribution in [3.05, 3.63) is 59.8 Å². The van der Waals surface area contributed by atoms with Gasteiger partial charge in [0.25, 0.3) is 0 Å². The highest BCUT2D eigenvalue weighted by molar-refractivity contribution is 6.01. The number of alkyl carbamates (subject to hydrolysis) is 1. The maximum Gasteiger partial charge on any atom is 0.408 e. The molecular weight excluding hydrogens is 422 g/mol. The molecule has 0 radical (unpaired) electrons. The van der Waals surface area contributed by atoms with Gasteiger partial charge in [0.1, 0.15) is 5.82 Å². The molecule has 2 aromatic carbocycles. The lowest BCUT2D eigenvalue weighted by Crippen LogP contribution is -2.28. The summed E-state index contributed by atoms with van der Waals surface area (Å²) >= 11 is 0. The van der Waals surface area contributed by atoms with Crippen LogP contribution in [0.3, 0.4) is 0 Å². The summed E-state index contributed by atoms with van der Waals surface area (Å²) in [5.41, 5.74) is 8.22. The molecule has 0 fully saturated rings. The van der Waals surface area contributed by atoms with Gasteiger partial charge in [-0.25, -0.2) is 14.6 Å². The minimum absolute atomic E-state index is 0.122. The SMILES string of the molecule is C#CCOC(=O)NCc1ccc(-c2ccc(C(N)=O)cc2)c2cc(NC(=O)NCC)ncc12. The first-order chi connectivity index (χ1) is 15.9. The number of urea groups is 1. The van der Waals surface area contributed by atoms with E-state index >= 15 is 0 Å². The van der Waals surface area contributed by atoms with E-state index in [0.717, 1.165) is 27.5 Å². The molecule has 0 atom stereocenters. The molecule has 1 aromatic heterocycles. The first kappa shape index (κ1) is 23.1. The van der Waals surface area contributed by atoms with Crippen molar-refractivity contribution in [1.29, 1.82) is 0 Å². The number of anilines is 1. The topological polar surface area (TPSA) is 135 Å². The molecule has 9 nitrogen and oxygen atoms in total. The number of nitrogens with two attached hydrogens (primary N) is 1. The Morgan fingerprint density at radius 1 is 1.09 bits per heavy atom. The molecule has 33 heavy (non-hydrogen) atoms. The van der Waals surface area contributed by atoms with Gasteiger partial charge < -0.3 is 21.1 Å². The second kappa shape index (κ2) is 10.6. The number of terminal acetylenes is 1. The Morgan fingerprint density at radius 3 is 2.52 bits per heavy atom. The first-order valence-corrected chi connectivity index (χ1v) is 10.1. The van der Waals surface area contributed by atoms with Gasteiger partial charge in [0.2, 0.25) is 5.91 Å². The Balaban J connectivity index is 2.01. The predicted molar refractivity (Wildman–Crippen MR) is 125 cm³/mol. The van der Waals surface area contributed by atoms with Crippen LogP contribution in [-0.4, -0.2) is 36.2 Å². The summed E-state index contributed by atoms with van der Waals surface area (Å²) in [6.07, 6.45) is 6.10. The fourth-order valence-electron chi connectivity index (χ4n) is 3.23. The number of primary amides is 1. The van der Waals surface area contributed by atoms with Crippen molar-refractivity contribution < 1.29 is 19.1 Å². The molecule has 0 aliphatic carbocycles. The van der Waals surface area contributed by atoms with Crippen LogP contribution in [0, 0.1) is 12.3 Å². The number of pyridine rings is 1. The van der Waals surface area contributed by atoms with Crippen molar-refractivity contribution in [3.63, 3.8) is 0 Å². The van der Waals surface area contributed by atoms with Crippen molar-refractivity contribution in [2.45, 2.75) is 13.5 Å². The van der Waals surface area contributed by atoms with Gasteiger partial charge in [-0.3, -0.25) is 10.1 Å². The summed E-state index contributed by atoms with van der Waals surface area (Å²) in [7, 11) is 0. The minimum atomic E-state index is -0.630. The van der Waals surface area contributed by atoms with Gasteiger partial charge in [0, 0.05) is 30.2 Å². The highest BCUT2D eigenvalue weighted by Gasteiger charge is 2.13. The number of rotatable bonds is 7. The van der Waals surface area contributed by atoms with Crippen molar-refractivity contribution in [2.75, 3.05) is 18.5 Å². The molecule has 0 saturated carbocycles. The van der Waals surface area contributed by atoms with Gasteiger partial charge in [-0.1, -0.05) is 30.2 Å². The smallest absolute Gasteiger partial charge is 0.408 e. The van der Waals surface area contributed by atoms with E-state index in [2.05, 4.69) is 26.9 Å². The van der Waals surface area contributed by atoms with Crippen LogP contribution in [0.15, 0.2) is 48.7 Å². The standard InChI is InChI=1S/C24H23N5O4/c1-3-11-33-24(32)28-13-17-9-10-18(15-5-7-16(8-6-15)22(25)30)19-12-21(27-14-20(17)19)29-23(31)26-4-2/h1,5-10,12,14H,4,11,13H2,2H3,(H2,25,30)(H,28,32)(H2,26,27,29,31). The zero-order chi connectivity index (χ0) is 23.8.